The molecule has 1 aromatic carbocycles. The van der Waals surface area contributed by atoms with E-state index in [1.165, 1.54) is 23.7 Å². The second-order valence-electron chi connectivity index (χ2n) is 8.74. The number of sulfone groups is 1. The Morgan fingerprint density at radius 1 is 1.19 bits per heavy atom. The van der Waals surface area contributed by atoms with Crippen molar-refractivity contribution in [2.45, 2.75) is 56.0 Å². The van der Waals surface area contributed by atoms with Gasteiger partial charge in [-0.3, -0.25) is 4.79 Å². The van der Waals surface area contributed by atoms with Crippen LogP contribution < -0.4 is 10.2 Å². The summed E-state index contributed by atoms with van der Waals surface area (Å²) in [5, 5.41) is 3.90. The van der Waals surface area contributed by atoms with E-state index in [9.17, 15) is 17.6 Å². The number of anilines is 2. The second-order valence-corrected chi connectivity index (χ2v) is 11.5. The maximum atomic E-state index is 14.4. The van der Waals surface area contributed by atoms with Crippen LogP contribution in [0.15, 0.2) is 23.1 Å². The lowest BCUT2D eigenvalue weighted by Crippen LogP contribution is -2.47. The lowest BCUT2D eigenvalue weighted by Gasteiger charge is -2.36. The normalized spacial score (nSPS) is 20.4. The number of amides is 1. The Labute approximate surface area is 191 Å². The molecule has 2 aliphatic heterocycles. The third kappa shape index (κ3) is 4.73. The van der Waals surface area contributed by atoms with Gasteiger partial charge in [0, 0.05) is 49.4 Å². The minimum Gasteiger partial charge on any atom is -0.371 e. The summed E-state index contributed by atoms with van der Waals surface area (Å²) in [5.41, 5.74) is 0.143. The zero-order valence-corrected chi connectivity index (χ0v) is 20.0. The van der Waals surface area contributed by atoms with Crippen LogP contribution in [0, 0.1) is 5.82 Å². The van der Waals surface area contributed by atoms with Crippen LogP contribution in [0.4, 0.5) is 15.2 Å². The molecule has 8 nitrogen and oxygen atoms in total. The highest BCUT2D eigenvalue weighted by Crippen LogP contribution is 2.29. The number of rotatable bonds is 6. The van der Waals surface area contributed by atoms with Gasteiger partial charge >= 0.3 is 0 Å². The van der Waals surface area contributed by atoms with Crippen LogP contribution in [-0.2, 0) is 14.6 Å². The lowest BCUT2D eigenvalue weighted by molar-refractivity contribution is -0.130. The molecule has 0 unspecified atom stereocenters. The van der Waals surface area contributed by atoms with Gasteiger partial charge in [-0.25, -0.2) is 17.8 Å². The van der Waals surface area contributed by atoms with Crippen molar-refractivity contribution in [1.82, 2.24) is 14.3 Å². The first kappa shape index (κ1) is 22.9. The fourth-order valence-corrected chi connectivity index (χ4v) is 5.68. The number of aromatic nitrogens is 2. The minimum atomic E-state index is -3.49. The predicted molar refractivity (Wildman–Crippen MR) is 122 cm³/mol. The Morgan fingerprint density at radius 3 is 2.50 bits per heavy atom. The molecule has 0 radical (unpaired) electrons. The van der Waals surface area contributed by atoms with Crippen molar-refractivity contribution in [3.8, 4) is 0 Å². The van der Waals surface area contributed by atoms with E-state index in [1.54, 1.807) is 0 Å². The minimum absolute atomic E-state index is 0.0342. The van der Waals surface area contributed by atoms with Gasteiger partial charge < -0.3 is 15.1 Å². The Morgan fingerprint density at radius 2 is 1.91 bits per heavy atom. The molecule has 2 aliphatic rings. The summed E-state index contributed by atoms with van der Waals surface area (Å²) in [6.07, 6.45) is 3.33. The van der Waals surface area contributed by atoms with Crippen LogP contribution in [0.3, 0.4) is 0 Å². The van der Waals surface area contributed by atoms with E-state index in [1.807, 2.05) is 4.90 Å². The van der Waals surface area contributed by atoms with Gasteiger partial charge in [0.2, 0.25) is 11.0 Å². The average Bonchev–Trinajstić information content (AvgIpc) is 3.37. The Kier molecular flexibility index (Phi) is 6.39. The fourth-order valence-electron chi connectivity index (χ4n) is 4.19. The number of hydrogen-bond donors (Lipinski definition) is 1. The van der Waals surface area contributed by atoms with Crippen molar-refractivity contribution >= 4 is 38.1 Å². The Balaban J connectivity index is 1.35. The number of carbonyl (C=O) groups excluding carboxylic acids is 1. The first-order valence-corrected chi connectivity index (χ1v) is 13.4. The van der Waals surface area contributed by atoms with Crippen molar-refractivity contribution in [3.05, 3.63) is 29.8 Å². The highest BCUT2D eigenvalue weighted by Gasteiger charge is 2.37. The van der Waals surface area contributed by atoms with Crippen LogP contribution in [-0.4, -0.2) is 66.6 Å². The van der Waals surface area contributed by atoms with Crippen molar-refractivity contribution in [2.24, 2.45) is 0 Å². The van der Waals surface area contributed by atoms with E-state index >= 15 is 0 Å². The first-order chi connectivity index (χ1) is 15.1. The zero-order chi connectivity index (χ0) is 23.0. The Hall–Kier alpha value is -2.27. The number of benzene rings is 1. The van der Waals surface area contributed by atoms with Crippen LogP contribution in [0.25, 0.3) is 0 Å². The molecule has 0 bridgehead atoms. The molecule has 1 N–H and O–H groups in total. The number of hydrogen-bond acceptors (Lipinski definition) is 8. The molecule has 1 aromatic heterocycles. The van der Waals surface area contributed by atoms with Gasteiger partial charge in [-0.05, 0) is 37.5 Å². The number of carbonyl (C=O) groups is 1. The van der Waals surface area contributed by atoms with Crippen LogP contribution in [0.5, 0.6) is 0 Å². The summed E-state index contributed by atoms with van der Waals surface area (Å²) in [6, 6.07) is 3.37. The van der Waals surface area contributed by atoms with Gasteiger partial charge in [0.15, 0.2) is 9.84 Å². The van der Waals surface area contributed by atoms with Crippen molar-refractivity contribution in [3.63, 3.8) is 0 Å². The molecule has 2 saturated heterocycles. The largest absolute Gasteiger partial charge is 0.371 e. The Bertz CT molecular complexity index is 1100. The quantitative estimate of drug-likeness (QED) is 0.678. The third-order valence-corrected chi connectivity index (χ3v) is 7.96. The van der Waals surface area contributed by atoms with Gasteiger partial charge in [-0.1, -0.05) is 13.8 Å². The summed E-state index contributed by atoms with van der Waals surface area (Å²) >= 11 is 1.42. The lowest BCUT2D eigenvalue weighted by atomic mass is 10.0. The van der Waals surface area contributed by atoms with E-state index in [0.29, 0.717) is 18.9 Å². The maximum absolute atomic E-state index is 14.4. The zero-order valence-electron chi connectivity index (χ0n) is 18.4. The molecule has 4 rings (SSSR count). The summed E-state index contributed by atoms with van der Waals surface area (Å²) in [4.78, 5) is 21.7. The van der Waals surface area contributed by atoms with Crippen LogP contribution in [0.2, 0.25) is 0 Å². The summed E-state index contributed by atoms with van der Waals surface area (Å²) < 4.78 is 42.0. The van der Waals surface area contributed by atoms with Crippen molar-refractivity contribution < 1.29 is 17.6 Å². The first-order valence-electron chi connectivity index (χ1n) is 10.8. The highest BCUT2D eigenvalue weighted by molar-refractivity contribution is 7.90. The second kappa shape index (κ2) is 8.93. The highest BCUT2D eigenvalue weighted by atomic mass is 32.2. The van der Waals surface area contributed by atoms with E-state index in [2.05, 4.69) is 33.4 Å². The van der Waals surface area contributed by atoms with E-state index in [4.69, 9.17) is 0 Å². The van der Waals surface area contributed by atoms with Crippen molar-refractivity contribution in [1.29, 1.82) is 0 Å². The molecular weight excluding hydrogens is 453 g/mol. The van der Waals surface area contributed by atoms with Gasteiger partial charge in [-0.2, -0.15) is 4.37 Å². The molecule has 0 saturated carbocycles. The third-order valence-electron chi connectivity index (χ3n) is 6.06. The van der Waals surface area contributed by atoms with Gasteiger partial charge in [0.05, 0.1) is 10.6 Å². The van der Waals surface area contributed by atoms with E-state index in [-0.39, 0.29) is 22.5 Å². The smallest absolute Gasteiger partial charge is 0.245 e. The summed E-state index contributed by atoms with van der Waals surface area (Å²) in [7, 11) is -3.49. The molecule has 0 spiro atoms. The van der Waals surface area contributed by atoms with Crippen molar-refractivity contribution in [2.75, 3.05) is 36.1 Å². The molecule has 11 heteroatoms. The number of likely N-dealkylation sites (tertiary alicyclic amines) is 1. The molecule has 32 heavy (non-hydrogen) atoms. The molecule has 3 heterocycles. The van der Waals surface area contributed by atoms with Crippen LogP contribution >= 0.6 is 11.5 Å². The topological polar surface area (TPSA) is 95.5 Å². The van der Waals surface area contributed by atoms with E-state index < -0.39 is 21.7 Å². The fraction of sp³-hybridized carbons (Fsp3) is 0.571. The predicted octanol–water partition coefficient (Wildman–Crippen LogP) is 2.89. The van der Waals surface area contributed by atoms with Crippen LogP contribution in [0.1, 0.15) is 44.9 Å². The van der Waals surface area contributed by atoms with Gasteiger partial charge in [-0.15, -0.1) is 0 Å². The molecule has 2 aromatic rings. The average molecular weight is 482 g/mol. The standard InChI is InChI=1S/C21H28FN5O3S2/c1-13(2)19-24-21(31-25-19)26-9-6-14(7-10-26)27-11-8-18(20(27)28)23-17-5-4-15(12-16(17)22)32(3,29)30/h4-5,12-14,18,23H,6-11H2,1-3H3/t18-/m0/s1. The number of piperidine rings is 1. The summed E-state index contributed by atoms with van der Waals surface area (Å²) in [5.74, 6) is 0.461. The molecule has 1 amide bonds. The molecule has 0 aliphatic carbocycles. The molecule has 1 atom stereocenters. The molecule has 2 fully saturated rings. The number of nitrogens with one attached hydrogen (secondary N) is 1. The van der Waals surface area contributed by atoms with Gasteiger partial charge in [0.25, 0.3) is 0 Å². The monoisotopic (exact) mass is 481 g/mol. The summed E-state index contributed by atoms with van der Waals surface area (Å²) in [6.45, 7) is 6.42. The van der Waals surface area contributed by atoms with Gasteiger partial charge in [0.1, 0.15) is 17.7 Å². The SMILES string of the molecule is CC(C)c1nsc(N2CCC(N3CC[C@H](Nc4ccc(S(C)(=O)=O)cc4F)C3=O)CC2)n1. The molecular formula is C21H28FN5O3S2. The maximum Gasteiger partial charge on any atom is 0.245 e. The number of nitrogens with zero attached hydrogens (tertiary/aromatic N) is 4. The molecule has 174 valence electrons. The van der Waals surface area contributed by atoms with E-state index in [0.717, 1.165) is 49.2 Å². The number of halogens is 1.